The highest BCUT2D eigenvalue weighted by Gasteiger charge is 2.17. The molecule has 27 heavy (non-hydrogen) atoms. The highest BCUT2D eigenvalue weighted by Crippen LogP contribution is 2.38. The molecule has 0 radical (unpaired) electrons. The predicted molar refractivity (Wildman–Crippen MR) is 109 cm³/mol. The normalized spacial score (nSPS) is 9.96. The number of hydrazine groups is 1. The zero-order valence-corrected chi connectivity index (χ0v) is 16.7. The number of benzene rings is 2. The molecule has 0 fully saturated rings. The summed E-state index contributed by atoms with van der Waals surface area (Å²) in [4.78, 5) is 12.4. The van der Waals surface area contributed by atoms with Crippen LogP contribution in [0.4, 0.5) is 5.69 Å². The number of hydrogen-bond acceptors (Lipinski definition) is 5. The number of carbonyl (C=O) groups excluding carboxylic acids is 1. The first-order valence-electron chi connectivity index (χ1n) is 8.14. The lowest BCUT2D eigenvalue weighted by molar-refractivity contribution is 0.0943. The lowest BCUT2D eigenvalue weighted by Crippen LogP contribution is -2.43. The Morgan fingerprint density at radius 2 is 1.56 bits per heavy atom. The molecule has 0 aliphatic heterocycles. The highest BCUT2D eigenvalue weighted by atomic mass is 32.1. The Kier molecular flexibility index (Phi) is 6.84. The van der Waals surface area contributed by atoms with E-state index in [9.17, 15) is 4.79 Å². The second-order valence-corrected chi connectivity index (χ2v) is 6.17. The maximum atomic E-state index is 12.4. The second kappa shape index (κ2) is 9.09. The van der Waals surface area contributed by atoms with Gasteiger partial charge in [-0.15, -0.1) is 0 Å². The summed E-state index contributed by atoms with van der Waals surface area (Å²) >= 11 is 5.24. The van der Waals surface area contributed by atoms with Gasteiger partial charge in [0.05, 0.1) is 21.3 Å². The van der Waals surface area contributed by atoms with E-state index >= 15 is 0 Å². The lowest BCUT2D eigenvalue weighted by Gasteiger charge is -2.16. The van der Waals surface area contributed by atoms with E-state index in [1.807, 2.05) is 32.0 Å². The van der Waals surface area contributed by atoms with Crippen LogP contribution in [0.2, 0.25) is 0 Å². The molecule has 2 rings (SSSR count). The molecular formula is C19H23N3O4S. The average molecular weight is 389 g/mol. The molecule has 1 amide bonds. The maximum Gasteiger partial charge on any atom is 0.269 e. The van der Waals surface area contributed by atoms with Crippen molar-refractivity contribution in [1.29, 1.82) is 0 Å². The molecule has 0 atom stereocenters. The summed E-state index contributed by atoms with van der Waals surface area (Å²) in [5.41, 5.74) is 8.58. The molecule has 0 saturated carbocycles. The third kappa shape index (κ3) is 5.01. The van der Waals surface area contributed by atoms with E-state index in [0.717, 1.165) is 16.8 Å². The molecule has 0 unspecified atom stereocenters. The number of aryl methyl sites for hydroxylation is 2. The minimum absolute atomic E-state index is 0.268. The van der Waals surface area contributed by atoms with Crippen LogP contribution in [0.3, 0.4) is 0 Å². The van der Waals surface area contributed by atoms with E-state index in [1.165, 1.54) is 21.3 Å². The van der Waals surface area contributed by atoms with Gasteiger partial charge in [0.15, 0.2) is 16.6 Å². The maximum absolute atomic E-state index is 12.4. The number of ether oxygens (including phenoxy) is 3. The van der Waals surface area contributed by atoms with Crippen LogP contribution in [0, 0.1) is 13.8 Å². The Bertz CT molecular complexity index is 830. The van der Waals surface area contributed by atoms with Crippen LogP contribution in [0.15, 0.2) is 30.3 Å². The first kappa shape index (κ1) is 20.3. The summed E-state index contributed by atoms with van der Waals surface area (Å²) in [6.45, 7) is 3.96. The Morgan fingerprint density at radius 1 is 0.926 bits per heavy atom. The Hall–Kier alpha value is -3.00. The number of carbonyl (C=O) groups is 1. The van der Waals surface area contributed by atoms with Crippen molar-refractivity contribution in [3.63, 3.8) is 0 Å². The van der Waals surface area contributed by atoms with Crippen molar-refractivity contribution in [2.75, 3.05) is 26.6 Å². The summed E-state index contributed by atoms with van der Waals surface area (Å²) < 4.78 is 15.8. The van der Waals surface area contributed by atoms with Gasteiger partial charge in [0, 0.05) is 11.3 Å². The van der Waals surface area contributed by atoms with Crippen molar-refractivity contribution >= 4 is 28.9 Å². The first-order valence-corrected chi connectivity index (χ1v) is 8.55. The fourth-order valence-electron chi connectivity index (χ4n) is 2.42. The van der Waals surface area contributed by atoms with Crippen LogP contribution >= 0.6 is 12.2 Å². The Balaban J connectivity index is 2.07. The lowest BCUT2D eigenvalue weighted by atomic mass is 10.1. The Morgan fingerprint density at radius 3 is 2.11 bits per heavy atom. The summed E-state index contributed by atoms with van der Waals surface area (Å²) in [5, 5.41) is 3.33. The van der Waals surface area contributed by atoms with Gasteiger partial charge in [-0.1, -0.05) is 12.1 Å². The molecule has 0 spiro atoms. The summed E-state index contributed by atoms with van der Waals surface area (Å²) in [5.74, 6) is 0.784. The van der Waals surface area contributed by atoms with Crippen LogP contribution in [-0.2, 0) is 0 Å². The monoisotopic (exact) mass is 389 g/mol. The molecule has 0 saturated heterocycles. The minimum Gasteiger partial charge on any atom is -0.493 e. The second-order valence-electron chi connectivity index (χ2n) is 5.77. The number of amides is 1. The SMILES string of the molecule is COc1cc(C(=O)NNC(=S)Nc2cc(C)ccc2C)cc(OC)c1OC. The number of hydrogen-bond donors (Lipinski definition) is 3. The number of anilines is 1. The van der Waals surface area contributed by atoms with Crippen LogP contribution in [0.25, 0.3) is 0 Å². The van der Waals surface area contributed by atoms with Crippen molar-refractivity contribution in [3.05, 3.63) is 47.0 Å². The first-order chi connectivity index (χ1) is 12.9. The van der Waals surface area contributed by atoms with E-state index in [-0.39, 0.29) is 5.11 Å². The van der Waals surface area contributed by atoms with Gasteiger partial charge in [0.25, 0.3) is 5.91 Å². The molecule has 7 nitrogen and oxygen atoms in total. The largest absolute Gasteiger partial charge is 0.493 e. The molecule has 0 aromatic heterocycles. The number of thiocarbonyl (C=S) groups is 1. The summed E-state index contributed by atoms with van der Waals surface area (Å²) in [6, 6.07) is 9.10. The summed E-state index contributed by atoms with van der Waals surface area (Å²) in [7, 11) is 4.47. The predicted octanol–water partition coefficient (Wildman–Crippen LogP) is 2.96. The molecule has 2 aromatic carbocycles. The van der Waals surface area contributed by atoms with Gasteiger partial charge in [-0.2, -0.15) is 0 Å². The Labute approximate surface area is 164 Å². The summed E-state index contributed by atoms with van der Waals surface area (Å²) in [6.07, 6.45) is 0. The number of nitrogens with one attached hydrogen (secondary N) is 3. The van der Waals surface area contributed by atoms with Gasteiger partial charge >= 0.3 is 0 Å². The molecular weight excluding hydrogens is 366 g/mol. The zero-order valence-electron chi connectivity index (χ0n) is 15.9. The quantitative estimate of drug-likeness (QED) is 0.536. The fourth-order valence-corrected chi connectivity index (χ4v) is 2.58. The van der Waals surface area contributed by atoms with Gasteiger partial charge in [-0.3, -0.25) is 15.6 Å². The van der Waals surface area contributed by atoms with Crippen LogP contribution in [0.5, 0.6) is 17.2 Å². The van der Waals surface area contributed by atoms with Crippen molar-refractivity contribution in [2.24, 2.45) is 0 Å². The zero-order chi connectivity index (χ0) is 20.0. The van der Waals surface area contributed by atoms with Gasteiger partial charge < -0.3 is 19.5 Å². The van der Waals surface area contributed by atoms with Crippen molar-refractivity contribution in [1.82, 2.24) is 10.9 Å². The van der Waals surface area contributed by atoms with E-state index in [1.54, 1.807) is 12.1 Å². The highest BCUT2D eigenvalue weighted by molar-refractivity contribution is 7.80. The molecule has 0 aliphatic carbocycles. The van der Waals surface area contributed by atoms with Crippen molar-refractivity contribution in [3.8, 4) is 17.2 Å². The molecule has 2 aromatic rings. The topological polar surface area (TPSA) is 80.9 Å². The van der Waals surface area contributed by atoms with Gasteiger partial charge in [-0.05, 0) is 55.4 Å². The smallest absolute Gasteiger partial charge is 0.269 e. The van der Waals surface area contributed by atoms with Crippen LogP contribution < -0.4 is 30.4 Å². The van der Waals surface area contributed by atoms with E-state index < -0.39 is 5.91 Å². The van der Waals surface area contributed by atoms with E-state index in [2.05, 4.69) is 16.2 Å². The third-order valence-electron chi connectivity index (χ3n) is 3.86. The van der Waals surface area contributed by atoms with Crippen LogP contribution in [-0.4, -0.2) is 32.3 Å². The molecule has 3 N–H and O–H groups in total. The number of methoxy groups -OCH3 is 3. The molecule has 0 aliphatic rings. The van der Waals surface area contributed by atoms with Crippen molar-refractivity contribution in [2.45, 2.75) is 13.8 Å². The van der Waals surface area contributed by atoms with E-state index in [0.29, 0.717) is 22.8 Å². The molecule has 144 valence electrons. The van der Waals surface area contributed by atoms with Gasteiger partial charge in [-0.25, -0.2) is 0 Å². The fraction of sp³-hybridized carbons (Fsp3) is 0.263. The van der Waals surface area contributed by atoms with Gasteiger partial charge in [0.2, 0.25) is 5.75 Å². The van der Waals surface area contributed by atoms with Crippen molar-refractivity contribution < 1.29 is 19.0 Å². The standard InChI is InChI=1S/C19H23N3O4S/c1-11-6-7-12(2)14(8-11)20-19(27)22-21-18(23)13-9-15(24-3)17(26-5)16(10-13)25-4/h6-10H,1-5H3,(H,21,23)(H2,20,22,27). The van der Waals surface area contributed by atoms with E-state index in [4.69, 9.17) is 26.4 Å². The minimum atomic E-state index is -0.403. The third-order valence-corrected chi connectivity index (χ3v) is 4.06. The van der Waals surface area contributed by atoms with Gasteiger partial charge in [0.1, 0.15) is 0 Å². The molecule has 0 bridgehead atoms. The average Bonchev–Trinajstić information content (AvgIpc) is 2.67. The molecule has 0 heterocycles. The molecule has 8 heteroatoms. The number of rotatable bonds is 5. The van der Waals surface area contributed by atoms with Crippen LogP contribution in [0.1, 0.15) is 21.5 Å².